The van der Waals surface area contributed by atoms with E-state index in [4.69, 9.17) is 0 Å². The first kappa shape index (κ1) is 25.2. The summed E-state index contributed by atoms with van der Waals surface area (Å²) in [6, 6.07) is 46.6. The van der Waals surface area contributed by atoms with Crippen molar-refractivity contribution in [2.75, 3.05) is 0 Å². The first-order chi connectivity index (χ1) is 22.3. The van der Waals surface area contributed by atoms with Crippen LogP contribution in [0, 0.1) is 23.7 Å². The average Bonchev–Trinajstić information content (AvgIpc) is 3.38. The van der Waals surface area contributed by atoms with E-state index in [0.717, 1.165) is 23.7 Å². The molecule has 0 aromatic heterocycles. The van der Waals surface area contributed by atoms with Crippen LogP contribution in [0.3, 0.4) is 0 Å². The fourth-order valence-corrected chi connectivity index (χ4v) is 12.2. The third-order valence-corrected chi connectivity index (χ3v) is 13.6. The molecule has 0 unspecified atom stereocenters. The predicted molar refractivity (Wildman–Crippen MR) is 188 cm³/mol. The minimum atomic E-state index is 0.220. The van der Waals surface area contributed by atoms with Crippen LogP contribution in [-0.2, 0) is 5.41 Å². The van der Waals surface area contributed by atoms with Gasteiger partial charge in [-0.05, 0) is 135 Å². The third kappa shape index (κ3) is 3.30. The molecular weight excluding hydrogens is 561 g/mol. The zero-order valence-corrected chi connectivity index (χ0v) is 26.1. The monoisotopic (exact) mass is 594 g/mol. The molecule has 4 bridgehead atoms. The SMILES string of the molecule is c1ccc2c(c1)-c1c(-c3ccc(-c4ccc5c(c4)-c4cccc6cccc(c46)S5)cc3)cccc1C21C2CC3CC(C2)CC1C3. The Morgan fingerprint density at radius 2 is 1.11 bits per heavy atom. The summed E-state index contributed by atoms with van der Waals surface area (Å²) < 4.78 is 0. The highest BCUT2D eigenvalue weighted by Gasteiger charge is 2.61. The molecule has 0 amide bonds. The lowest BCUT2D eigenvalue weighted by molar-refractivity contribution is -0.0399. The average molecular weight is 595 g/mol. The fourth-order valence-electron chi connectivity index (χ4n) is 11.0. The van der Waals surface area contributed by atoms with Gasteiger partial charge < -0.3 is 0 Å². The zero-order chi connectivity index (χ0) is 29.3. The Morgan fingerprint density at radius 1 is 0.467 bits per heavy atom. The maximum atomic E-state index is 2.51. The van der Waals surface area contributed by atoms with E-state index >= 15 is 0 Å². The van der Waals surface area contributed by atoms with Crippen LogP contribution in [0.15, 0.2) is 131 Å². The summed E-state index contributed by atoms with van der Waals surface area (Å²) in [5, 5.41) is 2.71. The van der Waals surface area contributed by atoms with Crippen molar-refractivity contribution in [2.45, 2.75) is 47.3 Å². The topological polar surface area (TPSA) is 0 Å². The van der Waals surface area contributed by atoms with Gasteiger partial charge in [0.05, 0.1) is 0 Å². The lowest BCUT2D eigenvalue weighted by Gasteiger charge is -2.61. The second-order valence-electron chi connectivity index (χ2n) is 14.5. The van der Waals surface area contributed by atoms with E-state index < -0.39 is 0 Å². The first-order valence-electron chi connectivity index (χ1n) is 16.9. The smallest absolute Gasteiger partial charge is 0.0272 e. The maximum Gasteiger partial charge on any atom is 0.0272 e. The molecule has 0 nitrogen and oxygen atoms in total. The molecule has 6 aromatic rings. The number of benzene rings is 6. The van der Waals surface area contributed by atoms with Gasteiger partial charge in [0.1, 0.15) is 0 Å². The van der Waals surface area contributed by atoms with E-state index in [0.29, 0.717) is 0 Å². The Balaban J connectivity index is 1.02. The van der Waals surface area contributed by atoms with Crippen LogP contribution < -0.4 is 0 Å². The fraction of sp³-hybridized carbons (Fsp3) is 0.227. The molecule has 216 valence electrons. The molecule has 5 aliphatic carbocycles. The van der Waals surface area contributed by atoms with E-state index in [9.17, 15) is 0 Å². The van der Waals surface area contributed by atoms with Crippen LogP contribution in [0.5, 0.6) is 0 Å². The molecule has 0 radical (unpaired) electrons. The normalized spacial score (nSPS) is 26.2. The van der Waals surface area contributed by atoms with E-state index in [1.807, 2.05) is 11.8 Å². The lowest BCUT2D eigenvalue weighted by atomic mass is 9.43. The van der Waals surface area contributed by atoms with Crippen LogP contribution in [0.4, 0.5) is 0 Å². The van der Waals surface area contributed by atoms with E-state index in [1.165, 1.54) is 97.2 Å². The summed E-state index contributed by atoms with van der Waals surface area (Å²) in [6.45, 7) is 0. The Kier molecular flexibility index (Phi) is 5.04. The van der Waals surface area contributed by atoms with Crippen molar-refractivity contribution in [1.82, 2.24) is 0 Å². The van der Waals surface area contributed by atoms with Crippen molar-refractivity contribution in [2.24, 2.45) is 23.7 Å². The van der Waals surface area contributed by atoms with Crippen molar-refractivity contribution in [3.8, 4) is 44.5 Å². The Bertz CT molecular complexity index is 2170. The quantitative estimate of drug-likeness (QED) is 0.192. The van der Waals surface area contributed by atoms with Gasteiger partial charge in [0.2, 0.25) is 0 Å². The minimum Gasteiger partial charge on any atom is -0.0888 e. The highest BCUT2D eigenvalue weighted by atomic mass is 32.2. The molecule has 1 heteroatoms. The molecule has 1 spiro atoms. The number of hydrogen-bond acceptors (Lipinski definition) is 1. The molecule has 4 saturated carbocycles. The van der Waals surface area contributed by atoms with Gasteiger partial charge >= 0.3 is 0 Å². The standard InChI is InChI=1S/C44H34S/c1-2-11-38-36(8-1)43-34(9-5-12-39(43)44(38)32-21-26-20-27(23-32)24-33(44)22-26)29-16-14-28(15-17-29)31-18-19-40-37(25-31)35-10-3-6-30-7-4-13-41(45-40)42(30)35/h1-19,25-27,32-33H,20-24H2. The summed E-state index contributed by atoms with van der Waals surface area (Å²) in [5.41, 5.74) is 14.5. The van der Waals surface area contributed by atoms with Crippen molar-refractivity contribution >= 4 is 22.5 Å². The molecule has 45 heavy (non-hydrogen) atoms. The largest absolute Gasteiger partial charge is 0.0888 e. The minimum absolute atomic E-state index is 0.220. The van der Waals surface area contributed by atoms with Gasteiger partial charge in [-0.2, -0.15) is 0 Å². The van der Waals surface area contributed by atoms with Crippen molar-refractivity contribution in [3.05, 3.63) is 132 Å². The van der Waals surface area contributed by atoms with Gasteiger partial charge in [-0.15, -0.1) is 0 Å². The Hall–Kier alpha value is -4.07. The molecule has 6 aliphatic rings. The van der Waals surface area contributed by atoms with Gasteiger partial charge in [-0.3, -0.25) is 0 Å². The molecule has 6 aromatic carbocycles. The number of rotatable bonds is 2. The second kappa shape index (κ2) is 9.02. The van der Waals surface area contributed by atoms with Crippen molar-refractivity contribution < 1.29 is 0 Å². The molecule has 0 atom stereocenters. The summed E-state index contributed by atoms with van der Waals surface area (Å²) in [4.78, 5) is 2.71. The van der Waals surface area contributed by atoms with Crippen LogP contribution in [0.1, 0.15) is 43.2 Å². The van der Waals surface area contributed by atoms with Gasteiger partial charge in [0.15, 0.2) is 0 Å². The van der Waals surface area contributed by atoms with Crippen LogP contribution >= 0.6 is 11.8 Å². The molecule has 0 saturated heterocycles. The molecule has 4 fully saturated rings. The summed E-state index contributed by atoms with van der Waals surface area (Å²) in [7, 11) is 0. The second-order valence-corrected chi connectivity index (χ2v) is 15.6. The Morgan fingerprint density at radius 3 is 1.93 bits per heavy atom. The molecule has 0 N–H and O–H groups in total. The first-order valence-corrected chi connectivity index (χ1v) is 17.8. The van der Waals surface area contributed by atoms with Crippen LogP contribution in [0.25, 0.3) is 55.3 Å². The van der Waals surface area contributed by atoms with Gasteiger partial charge in [-0.1, -0.05) is 115 Å². The molecular formula is C44H34S. The molecule has 1 aliphatic heterocycles. The van der Waals surface area contributed by atoms with Crippen LogP contribution in [0.2, 0.25) is 0 Å². The number of fused-ring (bicyclic) bond motifs is 5. The van der Waals surface area contributed by atoms with E-state index in [-0.39, 0.29) is 5.41 Å². The highest BCUT2D eigenvalue weighted by Crippen LogP contribution is 2.70. The van der Waals surface area contributed by atoms with Gasteiger partial charge in [0.25, 0.3) is 0 Å². The molecule has 1 heterocycles. The highest BCUT2D eigenvalue weighted by molar-refractivity contribution is 7.99. The predicted octanol–water partition coefficient (Wildman–Crippen LogP) is 12.0. The van der Waals surface area contributed by atoms with Crippen molar-refractivity contribution in [1.29, 1.82) is 0 Å². The van der Waals surface area contributed by atoms with Gasteiger partial charge in [-0.25, -0.2) is 0 Å². The zero-order valence-electron chi connectivity index (χ0n) is 25.3. The van der Waals surface area contributed by atoms with E-state index in [2.05, 4.69) is 121 Å². The number of hydrogen-bond donors (Lipinski definition) is 0. The van der Waals surface area contributed by atoms with Crippen LogP contribution in [-0.4, -0.2) is 0 Å². The van der Waals surface area contributed by atoms with E-state index in [1.54, 1.807) is 11.1 Å². The third-order valence-electron chi connectivity index (χ3n) is 12.5. The lowest BCUT2D eigenvalue weighted by Crippen LogP contribution is -2.55. The van der Waals surface area contributed by atoms with Gasteiger partial charge in [0, 0.05) is 20.6 Å². The summed E-state index contributed by atoms with van der Waals surface area (Å²) >= 11 is 1.90. The summed E-state index contributed by atoms with van der Waals surface area (Å²) in [5.74, 6) is 3.53. The Labute approximate surface area is 269 Å². The molecule has 12 rings (SSSR count). The summed E-state index contributed by atoms with van der Waals surface area (Å²) in [6.07, 6.45) is 7.21. The maximum absolute atomic E-state index is 2.51. The van der Waals surface area contributed by atoms with Crippen molar-refractivity contribution in [3.63, 3.8) is 0 Å².